The molecule has 0 aliphatic carbocycles. The number of nitriles is 1. The van der Waals surface area contributed by atoms with Crippen LogP contribution in [0.15, 0.2) is 213 Å². The van der Waals surface area contributed by atoms with Crippen LogP contribution in [-0.2, 0) is 6.54 Å². The Hall–Kier alpha value is -8.32. The highest BCUT2D eigenvalue weighted by molar-refractivity contribution is 6.23. The lowest BCUT2D eigenvalue weighted by Crippen LogP contribution is -2.20. The van der Waals surface area contributed by atoms with Crippen LogP contribution in [-0.4, -0.2) is 4.98 Å². The molecule has 0 saturated heterocycles. The highest BCUT2D eigenvalue weighted by Crippen LogP contribution is 2.48. The Labute approximate surface area is 360 Å². The van der Waals surface area contributed by atoms with Gasteiger partial charge in [0.1, 0.15) is 0 Å². The van der Waals surface area contributed by atoms with Gasteiger partial charge in [0, 0.05) is 46.6 Å². The van der Waals surface area contributed by atoms with Gasteiger partial charge in [-0.15, -0.1) is 0 Å². The highest BCUT2D eigenvalue weighted by atomic mass is 15.1. The molecule has 11 aromatic rings. The Balaban J connectivity index is 1.03. The topological polar surface area (TPSA) is 39.9 Å². The minimum atomic E-state index is 0.712. The summed E-state index contributed by atoms with van der Waals surface area (Å²) in [7, 11) is 0. The smallest absolute Gasteiger partial charge is 0.0998 e. The van der Waals surface area contributed by atoms with Crippen molar-refractivity contribution < 1.29 is 0 Å². The van der Waals surface area contributed by atoms with Crippen LogP contribution in [0.3, 0.4) is 0 Å². The normalized spacial score (nSPS) is 12.1. The third-order valence-electron chi connectivity index (χ3n) is 12.8. The molecule has 12 rings (SSSR count). The van der Waals surface area contributed by atoms with Crippen molar-refractivity contribution in [2.75, 3.05) is 4.90 Å². The molecule has 0 unspecified atom stereocenters. The minimum absolute atomic E-state index is 0.712. The highest BCUT2D eigenvalue weighted by Gasteiger charge is 2.25. The van der Waals surface area contributed by atoms with Crippen LogP contribution in [0.2, 0.25) is 0 Å². The van der Waals surface area contributed by atoms with Crippen LogP contribution < -0.4 is 4.90 Å². The van der Waals surface area contributed by atoms with E-state index in [-0.39, 0.29) is 0 Å². The first-order valence-electron chi connectivity index (χ1n) is 21.1. The monoisotopic (exact) mass is 787 g/mol. The average Bonchev–Trinajstić information content (AvgIpc) is 3.35. The van der Waals surface area contributed by atoms with Crippen molar-refractivity contribution in [3.05, 3.63) is 224 Å². The van der Waals surface area contributed by atoms with Gasteiger partial charge in [-0.05, 0) is 130 Å². The molecule has 0 saturated carbocycles. The van der Waals surface area contributed by atoms with Gasteiger partial charge in [-0.2, -0.15) is 5.26 Å². The first kappa shape index (κ1) is 35.6. The summed E-state index contributed by atoms with van der Waals surface area (Å²) in [5.41, 5.74) is 16.0. The second-order valence-electron chi connectivity index (χ2n) is 16.2. The van der Waals surface area contributed by atoms with E-state index < -0.39 is 0 Å². The Bertz CT molecular complexity index is 3580. The molecule has 1 aromatic heterocycles. The fraction of sp³-hybridized carbons (Fsp3) is 0.0169. The van der Waals surface area contributed by atoms with Gasteiger partial charge < -0.3 is 4.90 Å². The third-order valence-corrected chi connectivity index (χ3v) is 12.8. The second-order valence-corrected chi connectivity index (χ2v) is 16.2. The molecule has 0 radical (unpaired) electrons. The van der Waals surface area contributed by atoms with Crippen LogP contribution in [0.5, 0.6) is 0 Å². The minimum Gasteiger partial charge on any atom is -0.336 e. The van der Waals surface area contributed by atoms with E-state index in [4.69, 9.17) is 0 Å². The maximum atomic E-state index is 10.1. The number of aromatic nitrogens is 1. The molecule has 1 aliphatic rings. The van der Waals surface area contributed by atoms with E-state index in [1.807, 2.05) is 24.5 Å². The molecule has 10 aromatic carbocycles. The molecule has 0 N–H and O–H groups in total. The van der Waals surface area contributed by atoms with Crippen LogP contribution in [0, 0.1) is 11.3 Å². The number of anilines is 2. The van der Waals surface area contributed by atoms with Gasteiger partial charge in [-0.25, -0.2) is 0 Å². The molecule has 0 atom stereocenters. The zero-order valence-corrected chi connectivity index (χ0v) is 33.8. The standard InChI is InChI=1S/C59H37N3/c60-35-44-22-23-46-37-62(47-16-8-3-9-17-47)55-31-30-48(50-29-28-49(44)58(46)59(50)55)39-20-18-38(19-21-39)42-24-26-51-53(33-42)56(40-11-4-1-5-12-40)52-27-25-43(45-15-10-32-61-36-45)34-54(52)57(51)41-13-6-2-7-14-41/h1-34,36H,37H2. The van der Waals surface area contributed by atoms with E-state index >= 15 is 0 Å². The zero-order chi connectivity index (χ0) is 41.1. The third kappa shape index (κ3) is 5.69. The van der Waals surface area contributed by atoms with E-state index in [1.54, 1.807) is 0 Å². The number of pyridine rings is 1. The molecule has 3 nitrogen and oxygen atoms in total. The number of hydrogen-bond donors (Lipinski definition) is 0. The number of benzene rings is 10. The maximum absolute atomic E-state index is 10.1. The van der Waals surface area contributed by atoms with Crippen molar-refractivity contribution in [1.82, 2.24) is 4.98 Å². The summed E-state index contributed by atoms with van der Waals surface area (Å²) in [5.74, 6) is 0. The SMILES string of the molecule is N#Cc1ccc2c3c1ccc1c(-c4ccc(-c5ccc6c(-c7ccccc7)c7cc(-c8cccnc8)ccc7c(-c7ccccc7)c6c5)cc4)ccc(c13)N(c1ccccc1)C2. The molecule has 0 amide bonds. The molecule has 0 bridgehead atoms. The van der Waals surface area contributed by atoms with Crippen LogP contribution >= 0.6 is 0 Å². The Morgan fingerprint density at radius 3 is 1.61 bits per heavy atom. The Kier molecular flexibility index (Phi) is 8.30. The van der Waals surface area contributed by atoms with Crippen molar-refractivity contribution in [3.8, 4) is 61.7 Å². The molecule has 0 fully saturated rings. The molecule has 62 heavy (non-hydrogen) atoms. The molecular formula is C59H37N3. The van der Waals surface area contributed by atoms with Crippen molar-refractivity contribution in [2.24, 2.45) is 0 Å². The summed E-state index contributed by atoms with van der Waals surface area (Å²) in [6.45, 7) is 0.749. The predicted octanol–water partition coefficient (Wildman–Crippen LogP) is 15.6. The van der Waals surface area contributed by atoms with Gasteiger partial charge in [0.2, 0.25) is 0 Å². The summed E-state index contributed by atoms with van der Waals surface area (Å²) < 4.78 is 0. The zero-order valence-electron chi connectivity index (χ0n) is 33.8. The van der Waals surface area contributed by atoms with E-state index in [9.17, 15) is 5.26 Å². The molecule has 1 aliphatic heterocycles. The van der Waals surface area contributed by atoms with E-state index in [1.165, 1.54) is 82.3 Å². The maximum Gasteiger partial charge on any atom is 0.0998 e. The Morgan fingerprint density at radius 1 is 0.419 bits per heavy atom. The number of nitrogens with zero attached hydrogens (tertiary/aromatic N) is 3. The summed E-state index contributed by atoms with van der Waals surface area (Å²) in [6.07, 6.45) is 3.77. The van der Waals surface area contributed by atoms with Crippen LogP contribution in [0.1, 0.15) is 11.1 Å². The van der Waals surface area contributed by atoms with E-state index in [0.29, 0.717) is 5.56 Å². The first-order chi connectivity index (χ1) is 30.7. The largest absolute Gasteiger partial charge is 0.336 e. The Morgan fingerprint density at radius 2 is 0.984 bits per heavy atom. The van der Waals surface area contributed by atoms with Crippen molar-refractivity contribution >= 4 is 54.5 Å². The van der Waals surface area contributed by atoms with Gasteiger partial charge >= 0.3 is 0 Å². The first-order valence-corrected chi connectivity index (χ1v) is 21.1. The molecular weight excluding hydrogens is 751 g/mol. The van der Waals surface area contributed by atoms with Gasteiger partial charge in [0.15, 0.2) is 0 Å². The molecule has 0 spiro atoms. The van der Waals surface area contributed by atoms with Gasteiger partial charge in [0.25, 0.3) is 0 Å². The molecule has 3 heteroatoms. The summed E-state index contributed by atoms with van der Waals surface area (Å²) >= 11 is 0. The number of rotatable bonds is 6. The van der Waals surface area contributed by atoms with Crippen LogP contribution in [0.4, 0.5) is 11.4 Å². The lowest BCUT2D eigenvalue weighted by Gasteiger charge is -2.32. The van der Waals surface area contributed by atoms with Crippen LogP contribution in [0.25, 0.3) is 98.7 Å². The molecule has 2 heterocycles. The van der Waals surface area contributed by atoms with Gasteiger partial charge in [-0.1, -0.05) is 158 Å². The van der Waals surface area contributed by atoms with E-state index in [2.05, 4.69) is 204 Å². The van der Waals surface area contributed by atoms with Crippen molar-refractivity contribution in [2.45, 2.75) is 6.54 Å². The lowest BCUT2D eigenvalue weighted by molar-refractivity contribution is 0.982. The fourth-order valence-corrected chi connectivity index (χ4v) is 9.94. The summed E-state index contributed by atoms with van der Waals surface area (Å²) in [6, 6.07) is 74.7. The predicted molar refractivity (Wildman–Crippen MR) is 258 cm³/mol. The van der Waals surface area contributed by atoms with Gasteiger partial charge in [-0.3, -0.25) is 4.98 Å². The number of para-hydroxylation sites is 1. The number of fused-ring (bicyclic) bond motifs is 2. The number of hydrogen-bond acceptors (Lipinski definition) is 3. The van der Waals surface area contributed by atoms with Crippen molar-refractivity contribution in [1.29, 1.82) is 5.26 Å². The summed E-state index contributed by atoms with van der Waals surface area (Å²) in [4.78, 5) is 6.84. The lowest BCUT2D eigenvalue weighted by atomic mass is 9.84. The second kappa shape index (κ2) is 14.4. The average molecular weight is 788 g/mol. The fourth-order valence-electron chi connectivity index (χ4n) is 9.94. The van der Waals surface area contributed by atoms with E-state index in [0.717, 1.165) is 39.9 Å². The quantitative estimate of drug-likeness (QED) is 0.124. The van der Waals surface area contributed by atoms with Crippen molar-refractivity contribution in [3.63, 3.8) is 0 Å². The van der Waals surface area contributed by atoms with Gasteiger partial charge in [0.05, 0.1) is 11.6 Å². The molecule has 288 valence electrons. The summed E-state index contributed by atoms with van der Waals surface area (Å²) in [5, 5.41) is 19.6.